The number of carbonyl (C=O) groups is 1. The minimum Gasteiger partial charge on any atom is -0.322 e. The number of hydrogen-bond donors (Lipinski definition) is 1. The molecule has 0 saturated heterocycles. The van der Waals surface area contributed by atoms with Gasteiger partial charge >= 0.3 is 0 Å². The van der Waals surface area contributed by atoms with Gasteiger partial charge in [-0.1, -0.05) is 62.0 Å². The Labute approximate surface area is 157 Å². The summed E-state index contributed by atoms with van der Waals surface area (Å²) in [6, 6.07) is 16.1. The maximum absolute atomic E-state index is 12.0. The van der Waals surface area contributed by atoms with Crippen molar-refractivity contribution in [3.8, 4) is 0 Å². The Hall–Kier alpha value is -2.60. The van der Waals surface area contributed by atoms with E-state index in [0.29, 0.717) is 5.92 Å². The molecule has 0 aliphatic heterocycles. The van der Waals surface area contributed by atoms with Gasteiger partial charge in [0, 0.05) is 7.05 Å². The number of hydrazone groups is 1. The molecule has 0 saturated carbocycles. The molecule has 1 heterocycles. The van der Waals surface area contributed by atoms with E-state index in [-0.39, 0.29) is 11.7 Å². The Balaban J connectivity index is 1.53. The molecule has 1 aromatic heterocycles. The Morgan fingerprint density at radius 1 is 1.23 bits per heavy atom. The fourth-order valence-electron chi connectivity index (χ4n) is 2.56. The van der Waals surface area contributed by atoms with Crippen molar-refractivity contribution in [3.05, 3.63) is 59.7 Å². The molecule has 0 atom stereocenters. The summed E-state index contributed by atoms with van der Waals surface area (Å²) in [6.45, 7) is 4.32. The number of thioether (sulfide) groups is 1. The number of amides is 1. The first-order valence-corrected chi connectivity index (χ1v) is 9.49. The summed E-state index contributed by atoms with van der Waals surface area (Å²) in [4.78, 5) is 16.5. The number of carbonyl (C=O) groups excluding carboxylic acids is 1. The van der Waals surface area contributed by atoms with E-state index in [1.807, 2.05) is 48.0 Å². The largest absolute Gasteiger partial charge is 0.322 e. The van der Waals surface area contributed by atoms with Crippen LogP contribution in [0, 0.1) is 0 Å². The van der Waals surface area contributed by atoms with E-state index in [4.69, 9.17) is 0 Å². The van der Waals surface area contributed by atoms with Crippen molar-refractivity contribution in [2.24, 2.45) is 12.1 Å². The summed E-state index contributed by atoms with van der Waals surface area (Å²) in [6.07, 6.45) is 1.65. The number of imidazole rings is 1. The summed E-state index contributed by atoms with van der Waals surface area (Å²) >= 11 is 1.40. The van der Waals surface area contributed by atoms with E-state index in [2.05, 4.69) is 41.5 Å². The normalized spacial score (nSPS) is 11.5. The van der Waals surface area contributed by atoms with Crippen LogP contribution in [-0.4, -0.2) is 27.4 Å². The third-order valence-electron chi connectivity index (χ3n) is 4.08. The molecule has 0 fully saturated rings. The Morgan fingerprint density at radius 3 is 2.65 bits per heavy atom. The highest BCUT2D eigenvalue weighted by molar-refractivity contribution is 7.99. The smallest absolute Gasteiger partial charge is 0.250 e. The van der Waals surface area contributed by atoms with Crippen molar-refractivity contribution in [1.29, 1.82) is 0 Å². The molecule has 0 aliphatic rings. The second kappa shape index (κ2) is 8.19. The Kier molecular flexibility index (Phi) is 5.73. The second-order valence-electron chi connectivity index (χ2n) is 6.35. The highest BCUT2D eigenvalue weighted by atomic mass is 32.2. The highest BCUT2D eigenvalue weighted by Gasteiger charge is 2.09. The van der Waals surface area contributed by atoms with E-state index < -0.39 is 0 Å². The lowest BCUT2D eigenvalue weighted by atomic mass is 10.0. The van der Waals surface area contributed by atoms with Gasteiger partial charge in [-0.2, -0.15) is 5.10 Å². The van der Waals surface area contributed by atoms with Gasteiger partial charge in [0.15, 0.2) is 5.16 Å². The zero-order valence-corrected chi connectivity index (χ0v) is 16.0. The minimum atomic E-state index is -0.155. The van der Waals surface area contributed by atoms with Crippen LogP contribution in [-0.2, 0) is 11.8 Å². The fourth-order valence-corrected chi connectivity index (χ4v) is 3.34. The van der Waals surface area contributed by atoms with Gasteiger partial charge in [-0.05, 0) is 29.2 Å². The predicted octanol–water partition coefficient (Wildman–Crippen LogP) is 3.94. The number of nitrogens with zero attached hydrogens (tertiary/aromatic N) is 3. The molecule has 26 heavy (non-hydrogen) atoms. The van der Waals surface area contributed by atoms with Gasteiger partial charge in [0.05, 0.1) is 23.0 Å². The summed E-state index contributed by atoms with van der Waals surface area (Å²) < 4.78 is 1.99. The van der Waals surface area contributed by atoms with Crippen LogP contribution in [0.5, 0.6) is 0 Å². The van der Waals surface area contributed by atoms with Gasteiger partial charge in [0.25, 0.3) is 5.91 Å². The lowest BCUT2D eigenvalue weighted by Gasteiger charge is -2.04. The van der Waals surface area contributed by atoms with Crippen molar-refractivity contribution in [2.45, 2.75) is 24.9 Å². The first-order valence-electron chi connectivity index (χ1n) is 8.50. The first kappa shape index (κ1) is 18.2. The molecule has 134 valence electrons. The Bertz CT molecular complexity index is 929. The second-order valence-corrected chi connectivity index (χ2v) is 7.29. The zero-order chi connectivity index (χ0) is 18.5. The third kappa shape index (κ3) is 4.32. The van der Waals surface area contributed by atoms with Crippen LogP contribution < -0.4 is 5.43 Å². The summed E-state index contributed by atoms with van der Waals surface area (Å²) in [5, 5.41) is 4.84. The van der Waals surface area contributed by atoms with Gasteiger partial charge in [-0.3, -0.25) is 4.79 Å². The molecule has 5 nitrogen and oxygen atoms in total. The van der Waals surface area contributed by atoms with Crippen LogP contribution >= 0.6 is 11.8 Å². The highest BCUT2D eigenvalue weighted by Crippen LogP contribution is 2.22. The molecule has 2 aromatic carbocycles. The number of nitrogens with one attached hydrogen (secondary N) is 1. The maximum Gasteiger partial charge on any atom is 0.250 e. The average Bonchev–Trinajstić information content (AvgIpc) is 2.97. The lowest BCUT2D eigenvalue weighted by molar-refractivity contribution is -0.118. The molecule has 0 bridgehead atoms. The Morgan fingerprint density at radius 2 is 1.96 bits per heavy atom. The quantitative estimate of drug-likeness (QED) is 0.408. The number of para-hydroxylation sites is 2. The van der Waals surface area contributed by atoms with Crippen molar-refractivity contribution < 1.29 is 4.79 Å². The first-order chi connectivity index (χ1) is 12.5. The number of hydrogen-bond acceptors (Lipinski definition) is 4. The van der Waals surface area contributed by atoms with Gasteiger partial charge in [-0.25, -0.2) is 10.4 Å². The molecular weight excluding hydrogens is 344 g/mol. The SMILES string of the molecule is CC(C)c1ccc(C=NNC(=O)CSc2nc3ccccc3n2C)cc1. The summed E-state index contributed by atoms with van der Waals surface area (Å²) in [5.74, 6) is 0.610. The predicted molar refractivity (Wildman–Crippen MR) is 108 cm³/mol. The van der Waals surface area contributed by atoms with Crippen LogP contribution in [0.1, 0.15) is 30.9 Å². The van der Waals surface area contributed by atoms with E-state index in [0.717, 1.165) is 21.8 Å². The number of fused-ring (bicyclic) bond motifs is 1. The van der Waals surface area contributed by atoms with Crippen LogP contribution in [0.3, 0.4) is 0 Å². The van der Waals surface area contributed by atoms with Gasteiger partial charge in [-0.15, -0.1) is 0 Å². The van der Waals surface area contributed by atoms with Crippen molar-refractivity contribution in [1.82, 2.24) is 15.0 Å². The van der Waals surface area contributed by atoms with Crippen molar-refractivity contribution in [3.63, 3.8) is 0 Å². The van der Waals surface area contributed by atoms with Gasteiger partial charge in [0.1, 0.15) is 0 Å². The van der Waals surface area contributed by atoms with Gasteiger partial charge in [0.2, 0.25) is 0 Å². The van der Waals surface area contributed by atoms with Crippen LogP contribution in [0.25, 0.3) is 11.0 Å². The third-order valence-corrected chi connectivity index (χ3v) is 5.11. The molecule has 0 unspecified atom stereocenters. The van der Waals surface area contributed by atoms with E-state index in [9.17, 15) is 4.79 Å². The fraction of sp³-hybridized carbons (Fsp3) is 0.250. The number of benzene rings is 2. The zero-order valence-electron chi connectivity index (χ0n) is 15.1. The molecular formula is C20H22N4OS. The molecule has 1 N–H and O–H groups in total. The molecule has 0 spiro atoms. The van der Waals surface area contributed by atoms with Crippen LogP contribution in [0.2, 0.25) is 0 Å². The molecule has 6 heteroatoms. The van der Waals surface area contributed by atoms with Crippen molar-refractivity contribution in [2.75, 3.05) is 5.75 Å². The monoisotopic (exact) mass is 366 g/mol. The van der Waals surface area contributed by atoms with Crippen LogP contribution in [0.4, 0.5) is 0 Å². The number of aromatic nitrogens is 2. The topological polar surface area (TPSA) is 59.3 Å². The van der Waals surface area contributed by atoms with Crippen LogP contribution in [0.15, 0.2) is 58.8 Å². The molecule has 1 amide bonds. The number of aryl methyl sites for hydroxylation is 1. The lowest BCUT2D eigenvalue weighted by Crippen LogP contribution is -2.19. The van der Waals surface area contributed by atoms with E-state index in [1.165, 1.54) is 17.3 Å². The van der Waals surface area contributed by atoms with Crippen molar-refractivity contribution >= 4 is 34.9 Å². The molecule has 0 aliphatic carbocycles. The number of rotatable bonds is 6. The standard InChI is InChI=1S/C20H22N4OS/c1-14(2)16-10-8-15(9-11-16)12-21-23-19(25)13-26-20-22-17-6-4-5-7-18(17)24(20)3/h4-12,14H,13H2,1-3H3,(H,23,25). The van der Waals surface area contributed by atoms with Gasteiger partial charge < -0.3 is 4.57 Å². The van der Waals surface area contributed by atoms with E-state index in [1.54, 1.807) is 6.21 Å². The summed E-state index contributed by atoms with van der Waals surface area (Å²) in [5.41, 5.74) is 6.79. The van der Waals surface area contributed by atoms with E-state index >= 15 is 0 Å². The maximum atomic E-state index is 12.0. The average molecular weight is 366 g/mol. The minimum absolute atomic E-state index is 0.155. The molecule has 3 rings (SSSR count). The molecule has 0 radical (unpaired) electrons. The summed E-state index contributed by atoms with van der Waals surface area (Å²) in [7, 11) is 1.95. The molecule has 3 aromatic rings.